The van der Waals surface area contributed by atoms with Crippen molar-refractivity contribution in [2.75, 3.05) is 13.7 Å². The van der Waals surface area contributed by atoms with E-state index >= 15 is 0 Å². The number of rotatable bonds is 4. The lowest BCUT2D eigenvalue weighted by Gasteiger charge is -2.21. The quantitative estimate of drug-likeness (QED) is 0.665. The molecule has 1 atom stereocenters. The second-order valence-corrected chi connectivity index (χ2v) is 6.23. The number of oxime groups is 1. The van der Waals surface area contributed by atoms with Crippen molar-refractivity contribution in [1.29, 1.82) is 0 Å². The molecule has 2 aromatic carbocycles. The molecule has 4 rings (SSSR count). The molecule has 1 aliphatic heterocycles. The molecule has 7 nitrogen and oxygen atoms in total. The van der Waals surface area contributed by atoms with Crippen molar-refractivity contribution in [3.05, 3.63) is 72.4 Å². The molecule has 27 heavy (non-hydrogen) atoms. The van der Waals surface area contributed by atoms with Crippen molar-refractivity contribution in [2.45, 2.75) is 12.5 Å². The number of carbonyl (C=O) groups is 1. The number of amides is 1. The maximum atomic E-state index is 13.1. The SMILES string of the molecule is CON=C1CC(c2ncon2)N(C(=O)c2ccc(-c3ccccc3)cc2)C1. The highest BCUT2D eigenvalue weighted by Crippen LogP contribution is 2.30. The van der Waals surface area contributed by atoms with E-state index in [9.17, 15) is 4.79 Å². The molecule has 2 heterocycles. The minimum Gasteiger partial charge on any atom is -0.399 e. The van der Waals surface area contributed by atoms with E-state index in [-0.39, 0.29) is 11.9 Å². The number of hydrogen-bond donors (Lipinski definition) is 0. The fraction of sp³-hybridized carbons (Fsp3) is 0.200. The van der Waals surface area contributed by atoms with E-state index in [4.69, 9.17) is 9.36 Å². The van der Waals surface area contributed by atoms with Gasteiger partial charge in [-0.3, -0.25) is 4.79 Å². The largest absolute Gasteiger partial charge is 0.399 e. The summed E-state index contributed by atoms with van der Waals surface area (Å²) in [7, 11) is 1.49. The maximum absolute atomic E-state index is 13.1. The van der Waals surface area contributed by atoms with Crippen molar-refractivity contribution in [1.82, 2.24) is 15.0 Å². The van der Waals surface area contributed by atoms with Gasteiger partial charge in [-0.25, -0.2) is 0 Å². The van der Waals surface area contributed by atoms with Crippen LogP contribution in [0.3, 0.4) is 0 Å². The zero-order valence-corrected chi connectivity index (χ0v) is 14.8. The van der Waals surface area contributed by atoms with Crippen molar-refractivity contribution in [3.63, 3.8) is 0 Å². The van der Waals surface area contributed by atoms with Crippen LogP contribution in [0.2, 0.25) is 0 Å². The van der Waals surface area contributed by atoms with E-state index in [1.165, 1.54) is 13.5 Å². The molecule has 0 saturated carbocycles. The van der Waals surface area contributed by atoms with Crippen LogP contribution in [0.4, 0.5) is 0 Å². The van der Waals surface area contributed by atoms with E-state index in [2.05, 4.69) is 15.3 Å². The van der Waals surface area contributed by atoms with Crippen LogP contribution in [0.1, 0.15) is 28.6 Å². The summed E-state index contributed by atoms with van der Waals surface area (Å²) in [5.41, 5.74) is 3.53. The lowest BCUT2D eigenvalue weighted by atomic mass is 10.0. The summed E-state index contributed by atoms with van der Waals surface area (Å²) in [6, 6.07) is 17.3. The number of aromatic nitrogens is 2. The molecule has 0 spiro atoms. The van der Waals surface area contributed by atoms with Gasteiger partial charge in [0, 0.05) is 12.0 Å². The van der Waals surface area contributed by atoms with Crippen molar-refractivity contribution >= 4 is 11.6 Å². The smallest absolute Gasteiger partial charge is 0.254 e. The second kappa shape index (κ2) is 7.41. The van der Waals surface area contributed by atoms with Gasteiger partial charge in [0.25, 0.3) is 5.91 Å². The van der Waals surface area contributed by atoms with Crippen LogP contribution in [0.5, 0.6) is 0 Å². The summed E-state index contributed by atoms with van der Waals surface area (Å²) in [6.45, 7) is 0.367. The Morgan fingerprint density at radius 3 is 2.56 bits per heavy atom. The van der Waals surface area contributed by atoms with E-state index in [0.717, 1.165) is 16.8 Å². The summed E-state index contributed by atoms with van der Waals surface area (Å²) in [4.78, 5) is 23.8. The Balaban J connectivity index is 1.59. The Morgan fingerprint density at radius 1 is 1.15 bits per heavy atom. The van der Waals surface area contributed by atoms with Crippen LogP contribution in [0, 0.1) is 0 Å². The third-order valence-corrected chi connectivity index (χ3v) is 4.55. The highest BCUT2D eigenvalue weighted by molar-refractivity contribution is 6.00. The number of carbonyl (C=O) groups excluding carboxylic acids is 1. The Bertz CT molecular complexity index is 937. The van der Waals surface area contributed by atoms with Gasteiger partial charge in [0.15, 0.2) is 5.82 Å². The van der Waals surface area contributed by atoms with Gasteiger partial charge >= 0.3 is 0 Å². The number of benzene rings is 2. The highest BCUT2D eigenvalue weighted by atomic mass is 16.6. The number of likely N-dealkylation sites (tertiary alicyclic amines) is 1. The summed E-state index contributed by atoms with van der Waals surface area (Å²) in [5, 5.41) is 7.90. The Kier molecular flexibility index (Phi) is 4.65. The summed E-state index contributed by atoms with van der Waals surface area (Å²) in [5.74, 6) is 0.358. The monoisotopic (exact) mass is 362 g/mol. The molecule has 1 aromatic heterocycles. The molecular formula is C20H18N4O3. The minimum atomic E-state index is -0.320. The van der Waals surface area contributed by atoms with Gasteiger partial charge in [0.1, 0.15) is 13.2 Å². The third-order valence-electron chi connectivity index (χ3n) is 4.55. The van der Waals surface area contributed by atoms with Gasteiger partial charge in [-0.15, -0.1) is 0 Å². The molecule has 1 fully saturated rings. The van der Waals surface area contributed by atoms with Gasteiger partial charge in [0.05, 0.1) is 12.3 Å². The second-order valence-electron chi connectivity index (χ2n) is 6.23. The highest BCUT2D eigenvalue weighted by Gasteiger charge is 2.37. The molecule has 0 aliphatic carbocycles. The predicted molar refractivity (Wildman–Crippen MR) is 99.0 cm³/mol. The van der Waals surface area contributed by atoms with Gasteiger partial charge < -0.3 is 14.3 Å². The lowest BCUT2D eigenvalue weighted by molar-refractivity contribution is 0.0732. The molecule has 136 valence electrons. The van der Waals surface area contributed by atoms with Gasteiger partial charge in [0.2, 0.25) is 6.39 Å². The molecule has 1 unspecified atom stereocenters. The molecule has 0 N–H and O–H groups in total. The van der Waals surface area contributed by atoms with Crippen LogP contribution in [0.25, 0.3) is 11.1 Å². The Morgan fingerprint density at radius 2 is 1.89 bits per heavy atom. The van der Waals surface area contributed by atoms with Crippen LogP contribution < -0.4 is 0 Å². The van der Waals surface area contributed by atoms with Crippen molar-refractivity contribution in [3.8, 4) is 11.1 Å². The van der Waals surface area contributed by atoms with Crippen LogP contribution in [-0.4, -0.2) is 40.3 Å². The van der Waals surface area contributed by atoms with Crippen LogP contribution in [0.15, 0.2) is 70.7 Å². The first kappa shape index (κ1) is 17.0. The average Bonchev–Trinajstić information content (AvgIpc) is 3.38. The average molecular weight is 362 g/mol. The molecule has 1 aliphatic rings. The maximum Gasteiger partial charge on any atom is 0.254 e. The molecule has 0 radical (unpaired) electrons. The fourth-order valence-electron chi connectivity index (χ4n) is 3.27. The predicted octanol–water partition coefficient (Wildman–Crippen LogP) is 3.33. The van der Waals surface area contributed by atoms with E-state index in [1.807, 2.05) is 54.6 Å². The molecule has 3 aromatic rings. The van der Waals surface area contributed by atoms with E-state index in [1.54, 1.807) is 4.90 Å². The molecule has 0 bridgehead atoms. The van der Waals surface area contributed by atoms with Crippen molar-refractivity contribution < 1.29 is 14.2 Å². The summed E-state index contributed by atoms with van der Waals surface area (Å²) < 4.78 is 4.85. The Hall–Kier alpha value is -3.48. The third kappa shape index (κ3) is 3.44. The topological polar surface area (TPSA) is 80.8 Å². The van der Waals surface area contributed by atoms with E-state index in [0.29, 0.717) is 24.4 Å². The molecule has 1 saturated heterocycles. The fourth-order valence-corrected chi connectivity index (χ4v) is 3.27. The minimum absolute atomic E-state index is 0.106. The summed E-state index contributed by atoms with van der Waals surface area (Å²) >= 11 is 0. The van der Waals surface area contributed by atoms with Crippen LogP contribution in [-0.2, 0) is 4.84 Å². The Labute approximate surface area is 156 Å². The number of hydrogen-bond acceptors (Lipinski definition) is 6. The molecule has 7 heteroatoms. The van der Waals surface area contributed by atoms with Crippen molar-refractivity contribution in [2.24, 2.45) is 5.16 Å². The number of nitrogens with zero attached hydrogens (tertiary/aromatic N) is 4. The van der Waals surface area contributed by atoms with Gasteiger partial charge in [-0.1, -0.05) is 52.8 Å². The first-order valence-corrected chi connectivity index (χ1v) is 8.58. The van der Waals surface area contributed by atoms with E-state index < -0.39 is 0 Å². The van der Waals surface area contributed by atoms with Crippen LogP contribution >= 0.6 is 0 Å². The molecule has 1 amide bonds. The first-order chi connectivity index (χ1) is 13.3. The summed E-state index contributed by atoms with van der Waals surface area (Å²) in [6.07, 6.45) is 1.78. The standard InChI is InChI=1S/C20H18N4O3/c1-26-22-17-11-18(19-21-13-27-23-19)24(12-17)20(25)16-9-7-15(8-10-16)14-5-3-2-4-6-14/h2-10,13,18H,11-12H2,1H3. The zero-order valence-electron chi connectivity index (χ0n) is 14.8. The normalized spacial score (nSPS) is 18.0. The lowest BCUT2D eigenvalue weighted by Crippen LogP contribution is -2.31. The zero-order chi connectivity index (χ0) is 18.6. The van der Waals surface area contributed by atoms with Gasteiger partial charge in [-0.05, 0) is 23.3 Å². The van der Waals surface area contributed by atoms with Gasteiger partial charge in [-0.2, -0.15) is 4.98 Å². The first-order valence-electron chi connectivity index (χ1n) is 8.58. The molecular weight excluding hydrogens is 344 g/mol.